The molecule has 36 heavy (non-hydrogen) atoms. The number of benzene rings is 3. The quantitative estimate of drug-likeness (QED) is 0.291. The highest BCUT2D eigenvalue weighted by Crippen LogP contribution is 2.70. The maximum atomic E-state index is 12.8. The van der Waals surface area contributed by atoms with Gasteiger partial charge in [-0.05, 0) is 90.9 Å². The first-order valence-corrected chi connectivity index (χ1v) is 15.0. The molecule has 1 atom stereocenters. The first-order chi connectivity index (χ1) is 17.0. The van der Waals surface area contributed by atoms with Gasteiger partial charge in [0.25, 0.3) is 10.1 Å². The molecular formula is C27H36N2O5S2. The van der Waals surface area contributed by atoms with E-state index >= 15 is 0 Å². The molecule has 0 aromatic heterocycles. The van der Waals surface area contributed by atoms with Crippen molar-refractivity contribution in [1.82, 2.24) is 0 Å². The largest absolute Gasteiger partial charge is 0.465 e. The predicted molar refractivity (Wildman–Crippen MR) is 148 cm³/mol. The van der Waals surface area contributed by atoms with Gasteiger partial charge >= 0.3 is 0 Å². The second kappa shape index (κ2) is 11.6. The van der Waals surface area contributed by atoms with E-state index in [1.165, 1.54) is 0 Å². The lowest BCUT2D eigenvalue weighted by Gasteiger charge is -2.39. The predicted octanol–water partition coefficient (Wildman–Crippen LogP) is 5.75. The third-order valence-electron chi connectivity index (χ3n) is 5.44. The molecule has 0 aliphatic rings. The zero-order valence-electron chi connectivity index (χ0n) is 22.0. The summed E-state index contributed by atoms with van der Waals surface area (Å²) in [6, 6.07) is 23.0. The van der Waals surface area contributed by atoms with Crippen LogP contribution in [0.3, 0.4) is 0 Å². The second-order valence-corrected chi connectivity index (χ2v) is 13.2. The Bertz CT molecular complexity index is 1190. The number of nitrogens with zero attached hydrogens (tertiary/aromatic N) is 2. The number of ether oxygens (including phenoxy) is 2. The van der Waals surface area contributed by atoms with Crippen molar-refractivity contribution in [3.63, 3.8) is 0 Å². The summed E-state index contributed by atoms with van der Waals surface area (Å²) in [5.74, 6) is 0.567. The molecule has 7 nitrogen and oxygen atoms in total. The van der Waals surface area contributed by atoms with E-state index in [0.717, 1.165) is 27.4 Å². The van der Waals surface area contributed by atoms with Crippen LogP contribution in [-0.4, -0.2) is 55.8 Å². The van der Waals surface area contributed by atoms with E-state index in [-0.39, 0.29) is 0 Å². The molecule has 0 radical (unpaired) electrons. The van der Waals surface area contributed by atoms with Gasteiger partial charge in [0.15, 0.2) is 6.29 Å². The van der Waals surface area contributed by atoms with E-state index in [4.69, 9.17) is 13.1 Å². The fourth-order valence-corrected chi connectivity index (χ4v) is 8.60. The summed E-state index contributed by atoms with van der Waals surface area (Å²) in [4.78, 5) is 6.20. The van der Waals surface area contributed by atoms with Gasteiger partial charge in [-0.3, -0.25) is 0 Å². The lowest BCUT2D eigenvalue weighted by Crippen LogP contribution is -2.17. The van der Waals surface area contributed by atoms with Crippen molar-refractivity contribution in [2.24, 2.45) is 0 Å². The summed E-state index contributed by atoms with van der Waals surface area (Å²) < 4.78 is 43.2. The van der Waals surface area contributed by atoms with E-state index in [2.05, 4.69) is 0 Å². The van der Waals surface area contributed by atoms with Gasteiger partial charge in [-0.25, -0.2) is 3.63 Å². The van der Waals surface area contributed by atoms with Crippen LogP contribution in [0, 0.1) is 0 Å². The molecule has 0 N–H and O–H groups in total. The van der Waals surface area contributed by atoms with Gasteiger partial charge in [0, 0.05) is 60.9 Å². The van der Waals surface area contributed by atoms with Crippen LogP contribution in [0.15, 0.2) is 87.5 Å². The Morgan fingerprint density at radius 2 is 1.28 bits per heavy atom. The zero-order chi connectivity index (χ0) is 26.5. The standard InChI is InChI=1S/C27H36N2O5S2/c1-8-32-21(2)33-24-10-9-11-27(20-24)36(34-35(7,30)31,25-16-12-22(13-17-25)28(3)4)26-18-14-23(15-19-26)29(5)6/h9-21H,8H2,1-7H3. The lowest BCUT2D eigenvalue weighted by molar-refractivity contribution is -0.0614. The molecule has 0 spiro atoms. The molecule has 0 aliphatic carbocycles. The maximum Gasteiger partial charge on any atom is 0.274 e. The molecule has 0 aliphatic heterocycles. The van der Waals surface area contributed by atoms with Crippen LogP contribution in [-0.2, 0) is 18.5 Å². The number of rotatable bonds is 11. The average molecular weight is 533 g/mol. The summed E-state index contributed by atoms with van der Waals surface area (Å²) in [7, 11) is 1.28. The molecule has 3 aromatic rings. The monoisotopic (exact) mass is 532 g/mol. The summed E-state index contributed by atoms with van der Waals surface area (Å²) in [6.45, 7) is 4.24. The number of hydrogen-bond acceptors (Lipinski definition) is 7. The minimum absolute atomic E-state index is 0.454. The van der Waals surface area contributed by atoms with Crippen molar-refractivity contribution >= 4 is 31.8 Å². The van der Waals surface area contributed by atoms with Gasteiger partial charge in [0.1, 0.15) is 5.75 Å². The molecule has 9 heteroatoms. The summed E-state index contributed by atoms with van der Waals surface area (Å²) in [6.07, 6.45) is 0.637. The second-order valence-electron chi connectivity index (χ2n) is 8.72. The van der Waals surface area contributed by atoms with E-state index in [0.29, 0.717) is 17.3 Å². The lowest BCUT2D eigenvalue weighted by atomic mass is 10.3. The minimum atomic E-state index is -3.87. The maximum absolute atomic E-state index is 12.8. The summed E-state index contributed by atoms with van der Waals surface area (Å²) in [5.41, 5.74) is 1.99. The molecule has 3 rings (SSSR count). The van der Waals surface area contributed by atoms with E-state index in [1.54, 1.807) is 0 Å². The number of anilines is 2. The Morgan fingerprint density at radius 1 is 0.778 bits per heavy atom. The Morgan fingerprint density at radius 3 is 1.69 bits per heavy atom. The third kappa shape index (κ3) is 6.53. The van der Waals surface area contributed by atoms with Crippen LogP contribution in [0.1, 0.15) is 13.8 Å². The molecule has 3 aromatic carbocycles. The fraction of sp³-hybridized carbons (Fsp3) is 0.333. The smallest absolute Gasteiger partial charge is 0.274 e. The SMILES string of the molecule is CCOC(C)Oc1cccc(S(OS(C)(=O)=O)(c2ccc(N(C)C)cc2)c2ccc(N(C)C)cc2)c1. The van der Waals surface area contributed by atoms with Crippen molar-refractivity contribution in [3.05, 3.63) is 72.8 Å². The van der Waals surface area contributed by atoms with E-state index in [1.807, 2.05) is 125 Å². The van der Waals surface area contributed by atoms with Crippen LogP contribution in [0.2, 0.25) is 0 Å². The Balaban J connectivity index is 2.29. The van der Waals surface area contributed by atoms with Gasteiger partial charge < -0.3 is 19.3 Å². The van der Waals surface area contributed by atoms with Gasteiger partial charge in [-0.2, -0.15) is 8.42 Å². The van der Waals surface area contributed by atoms with Crippen LogP contribution in [0.4, 0.5) is 11.4 Å². The highest BCUT2D eigenvalue weighted by atomic mass is 32.3. The zero-order valence-corrected chi connectivity index (χ0v) is 23.6. The molecule has 0 saturated carbocycles. The molecule has 0 amide bonds. The minimum Gasteiger partial charge on any atom is -0.465 e. The Hall–Kier alpha value is -2.72. The van der Waals surface area contributed by atoms with Crippen LogP contribution in [0.5, 0.6) is 5.75 Å². The average Bonchev–Trinajstić information content (AvgIpc) is 2.82. The first kappa shape index (κ1) is 27.9. The highest BCUT2D eigenvalue weighted by Gasteiger charge is 2.37. The fourth-order valence-electron chi connectivity index (χ4n) is 3.77. The van der Waals surface area contributed by atoms with E-state index in [9.17, 15) is 8.42 Å². The van der Waals surface area contributed by atoms with Crippen molar-refractivity contribution < 1.29 is 21.5 Å². The topological polar surface area (TPSA) is 68.3 Å². The molecule has 0 fully saturated rings. The van der Waals surface area contributed by atoms with Gasteiger partial charge in [0.2, 0.25) is 0 Å². The molecule has 0 heterocycles. The Labute approximate surface area is 217 Å². The third-order valence-corrected chi connectivity index (χ3v) is 10.0. The van der Waals surface area contributed by atoms with Crippen LogP contribution >= 0.6 is 10.3 Å². The van der Waals surface area contributed by atoms with Gasteiger partial charge in [0.05, 0.1) is 6.26 Å². The first-order valence-electron chi connectivity index (χ1n) is 11.6. The highest BCUT2D eigenvalue weighted by molar-refractivity contribution is 8.33. The van der Waals surface area contributed by atoms with Crippen molar-refractivity contribution in [2.45, 2.75) is 34.8 Å². The molecule has 196 valence electrons. The molecular weight excluding hydrogens is 496 g/mol. The summed E-state index contributed by atoms with van der Waals surface area (Å²) in [5, 5.41) is 0. The van der Waals surface area contributed by atoms with Gasteiger partial charge in [-0.1, -0.05) is 6.07 Å². The van der Waals surface area contributed by atoms with Crippen molar-refractivity contribution in [3.8, 4) is 5.75 Å². The summed E-state index contributed by atoms with van der Waals surface area (Å²) >= 11 is 0. The van der Waals surface area contributed by atoms with Crippen molar-refractivity contribution in [2.75, 3.05) is 50.9 Å². The van der Waals surface area contributed by atoms with Crippen molar-refractivity contribution in [1.29, 1.82) is 0 Å². The van der Waals surface area contributed by atoms with Crippen LogP contribution in [0.25, 0.3) is 0 Å². The number of hydrogen-bond donors (Lipinski definition) is 0. The normalized spacial score (nSPS) is 13.2. The molecule has 0 saturated heterocycles. The van der Waals surface area contributed by atoms with Crippen LogP contribution < -0.4 is 14.5 Å². The molecule has 0 bridgehead atoms. The molecule has 1 unspecified atom stereocenters. The van der Waals surface area contributed by atoms with E-state index < -0.39 is 26.7 Å². The Kier molecular flexibility index (Phi) is 8.94. The van der Waals surface area contributed by atoms with Gasteiger partial charge in [-0.15, -0.1) is 0 Å².